The summed E-state index contributed by atoms with van der Waals surface area (Å²) in [4.78, 5) is 0. The highest BCUT2D eigenvalue weighted by atomic mass is 35.5. The van der Waals surface area contributed by atoms with Gasteiger partial charge in [0.1, 0.15) is 0 Å². The van der Waals surface area contributed by atoms with Crippen molar-refractivity contribution in [3.8, 4) is 0 Å². The summed E-state index contributed by atoms with van der Waals surface area (Å²) < 4.78 is 38.0. The molecule has 0 aliphatic carbocycles. The fourth-order valence-corrected chi connectivity index (χ4v) is 2.46. The average molecular weight is 280 g/mol. The molecule has 0 amide bonds. The monoisotopic (exact) mass is 279 g/mol. The zero-order chi connectivity index (χ0) is 13.4. The molecule has 2 rings (SSSR count). The molecule has 100 valence electrons. The van der Waals surface area contributed by atoms with Gasteiger partial charge in [0.25, 0.3) is 0 Å². The molecule has 0 aromatic heterocycles. The van der Waals surface area contributed by atoms with Crippen molar-refractivity contribution >= 4 is 11.6 Å². The Morgan fingerprint density at radius 3 is 2.39 bits per heavy atom. The molecule has 1 aromatic rings. The summed E-state index contributed by atoms with van der Waals surface area (Å²) in [6.45, 7) is 1.12. The number of hydrogen-bond acceptors (Lipinski definition) is 2. The van der Waals surface area contributed by atoms with E-state index in [9.17, 15) is 18.3 Å². The zero-order valence-corrected chi connectivity index (χ0v) is 10.3. The minimum absolute atomic E-state index is 0.167. The Bertz CT molecular complexity index is 441. The summed E-state index contributed by atoms with van der Waals surface area (Å²) in [6, 6.07) is 3.07. The molecule has 1 aliphatic rings. The van der Waals surface area contributed by atoms with E-state index in [0.717, 1.165) is 12.1 Å². The van der Waals surface area contributed by atoms with E-state index in [1.54, 1.807) is 0 Å². The van der Waals surface area contributed by atoms with E-state index < -0.39 is 17.3 Å². The third-order valence-electron chi connectivity index (χ3n) is 3.23. The fourth-order valence-electron chi connectivity index (χ4n) is 2.17. The number of piperidine rings is 1. The lowest BCUT2D eigenvalue weighted by molar-refractivity contribution is -0.137. The number of halogens is 4. The molecule has 0 radical (unpaired) electrons. The van der Waals surface area contributed by atoms with E-state index in [-0.39, 0.29) is 10.6 Å². The summed E-state index contributed by atoms with van der Waals surface area (Å²) in [6.07, 6.45) is -3.72. The van der Waals surface area contributed by atoms with Crippen LogP contribution in [0, 0.1) is 0 Å². The molecule has 2 N–H and O–H groups in total. The molecule has 1 heterocycles. The molecule has 1 aromatic carbocycles. The Hall–Kier alpha value is -0.780. The molecule has 1 aliphatic heterocycles. The Labute approximate surface area is 108 Å². The van der Waals surface area contributed by atoms with Gasteiger partial charge >= 0.3 is 6.18 Å². The van der Waals surface area contributed by atoms with Crippen LogP contribution < -0.4 is 5.32 Å². The summed E-state index contributed by atoms with van der Waals surface area (Å²) in [7, 11) is 0. The van der Waals surface area contributed by atoms with Crippen LogP contribution in [-0.2, 0) is 11.8 Å². The van der Waals surface area contributed by atoms with Crippen LogP contribution in [0.1, 0.15) is 24.0 Å². The molecule has 2 nitrogen and oxygen atoms in total. The van der Waals surface area contributed by atoms with Crippen molar-refractivity contribution in [2.24, 2.45) is 0 Å². The van der Waals surface area contributed by atoms with Crippen molar-refractivity contribution < 1.29 is 18.3 Å². The van der Waals surface area contributed by atoms with Gasteiger partial charge in [-0.15, -0.1) is 0 Å². The van der Waals surface area contributed by atoms with Crippen LogP contribution in [0.25, 0.3) is 0 Å². The quantitative estimate of drug-likeness (QED) is 0.828. The number of rotatable bonds is 1. The predicted molar refractivity (Wildman–Crippen MR) is 62.5 cm³/mol. The second kappa shape index (κ2) is 4.72. The van der Waals surface area contributed by atoms with E-state index in [1.807, 2.05) is 0 Å². The van der Waals surface area contributed by atoms with Gasteiger partial charge in [-0.3, -0.25) is 0 Å². The van der Waals surface area contributed by atoms with Crippen LogP contribution in [0.2, 0.25) is 5.02 Å². The molecule has 0 spiro atoms. The molecule has 0 atom stereocenters. The molecule has 18 heavy (non-hydrogen) atoms. The van der Waals surface area contributed by atoms with E-state index in [1.165, 1.54) is 6.07 Å². The first-order valence-electron chi connectivity index (χ1n) is 5.63. The highest BCUT2D eigenvalue weighted by Gasteiger charge is 2.37. The lowest BCUT2D eigenvalue weighted by atomic mass is 9.84. The Morgan fingerprint density at radius 2 is 1.83 bits per heavy atom. The maximum absolute atomic E-state index is 12.7. The molecule has 0 bridgehead atoms. The van der Waals surface area contributed by atoms with E-state index in [2.05, 4.69) is 5.32 Å². The second-order valence-electron chi connectivity index (χ2n) is 4.47. The highest BCUT2D eigenvalue weighted by molar-refractivity contribution is 6.31. The average Bonchev–Trinajstić information content (AvgIpc) is 2.28. The van der Waals surface area contributed by atoms with E-state index in [4.69, 9.17) is 11.6 Å². The minimum atomic E-state index is -4.43. The van der Waals surface area contributed by atoms with Gasteiger partial charge in [-0.25, -0.2) is 0 Å². The predicted octanol–water partition coefficient (Wildman–Crippen LogP) is 2.93. The normalized spacial score (nSPS) is 19.8. The first-order chi connectivity index (χ1) is 8.33. The van der Waals surface area contributed by atoms with Gasteiger partial charge in [-0.2, -0.15) is 13.2 Å². The summed E-state index contributed by atoms with van der Waals surface area (Å²) in [5.74, 6) is 0. The van der Waals surface area contributed by atoms with Crippen LogP contribution in [0.4, 0.5) is 13.2 Å². The van der Waals surface area contributed by atoms with Gasteiger partial charge in [0, 0.05) is 10.6 Å². The first-order valence-corrected chi connectivity index (χ1v) is 6.01. The number of alkyl halides is 3. The van der Waals surface area contributed by atoms with Crippen LogP contribution in [0.5, 0.6) is 0 Å². The van der Waals surface area contributed by atoms with Gasteiger partial charge in [-0.1, -0.05) is 11.6 Å². The Morgan fingerprint density at radius 1 is 1.22 bits per heavy atom. The Balaban J connectivity index is 2.43. The Kier molecular flexibility index (Phi) is 3.58. The van der Waals surface area contributed by atoms with Gasteiger partial charge in [0.15, 0.2) is 0 Å². The molecule has 1 saturated heterocycles. The van der Waals surface area contributed by atoms with Crippen molar-refractivity contribution in [2.45, 2.75) is 24.6 Å². The van der Waals surface area contributed by atoms with Crippen LogP contribution in [-0.4, -0.2) is 18.2 Å². The van der Waals surface area contributed by atoms with Crippen molar-refractivity contribution in [3.63, 3.8) is 0 Å². The van der Waals surface area contributed by atoms with Crippen molar-refractivity contribution in [2.75, 3.05) is 13.1 Å². The maximum atomic E-state index is 12.7. The number of aliphatic hydroxyl groups is 1. The summed E-state index contributed by atoms with van der Waals surface area (Å²) >= 11 is 5.92. The lowest BCUT2D eigenvalue weighted by Gasteiger charge is -2.34. The van der Waals surface area contributed by atoms with Crippen LogP contribution in [0.15, 0.2) is 18.2 Å². The second-order valence-corrected chi connectivity index (χ2v) is 4.88. The number of nitrogens with one attached hydrogen (secondary N) is 1. The van der Waals surface area contributed by atoms with Gasteiger partial charge in [0.2, 0.25) is 0 Å². The lowest BCUT2D eigenvalue weighted by Crippen LogP contribution is -2.40. The zero-order valence-electron chi connectivity index (χ0n) is 9.52. The van der Waals surface area contributed by atoms with Gasteiger partial charge in [0.05, 0.1) is 11.2 Å². The summed E-state index contributed by atoms with van der Waals surface area (Å²) in [5, 5.41) is 13.6. The number of benzene rings is 1. The standard InChI is InChI=1S/C12H13ClF3NO/c13-10-2-1-8(12(14,15)16)7-9(10)11(18)3-5-17-6-4-11/h1-2,7,17-18H,3-6H2. The third-order valence-corrected chi connectivity index (χ3v) is 3.56. The van der Waals surface area contributed by atoms with Crippen LogP contribution >= 0.6 is 11.6 Å². The topological polar surface area (TPSA) is 32.3 Å². The molecule has 6 heteroatoms. The number of hydrogen-bond donors (Lipinski definition) is 2. The van der Waals surface area contributed by atoms with Crippen molar-refractivity contribution in [1.29, 1.82) is 0 Å². The van der Waals surface area contributed by atoms with E-state index >= 15 is 0 Å². The molecule has 0 saturated carbocycles. The molecule has 1 fully saturated rings. The highest BCUT2D eigenvalue weighted by Crippen LogP contribution is 2.39. The third kappa shape index (κ3) is 2.63. The van der Waals surface area contributed by atoms with Gasteiger partial charge < -0.3 is 10.4 Å². The van der Waals surface area contributed by atoms with Crippen molar-refractivity contribution in [1.82, 2.24) is 5.32 Å². The van der Waals surface area contributed by atoms with Gasteiger partial charge in [-0.05, 0) is 44.1 Å². The summed E-state index contributed by atoms with van der Waals surface area (Å²) in [5.41, 5.74) is -1.89. The SMILES string of the molecule is OC1(c2cc(C(F)(F)F)ccc2Cl)CCNCC1. The smallest absolute Gasteiger partial charge is 0.385 e. The molecular weight excluding hydrogens is 267 g/mol. The largest absolute Gasteiger partial charge is 0.416 e. The minimum Gasteiger partial charge on any atom is -0.385 e. The first kappa shape index (κ1) is 13.6. The van der Waals surface area contributed by atoms with E-state index in [0.29, 0.717) is 25.9 Å². The van der Waals surface area contributed by atoms with Crippen LogP contribution in [0.3, 0.4) is 0 Å². The fraction of sp³-hybridized carbons (Fsp3) is 0.500. The maximum Gasteiger partial charge on any atom is 0.416 e. The van der Waals surface area contributed by atoms with Crippen molar-refractivity contribution in [3.05, 3.63) is 34.3 Å². The molecular formula is C12H13ClF3NO. The molecule has 0 unspecified atom stereocenters.